The Hall–Kier alpha value is -2.51. The first kappa shape index (κ1) is 21.7. The van der Waals surface area contributed by atoms with Crippen LogP contribution in [-0.4, -0.2) is 43.0 Å². The lowest BCUT2D eigenvalue weighted by Crippen LogP contribution is -2.37. The molecule has 1 aliphatic carbocycles. The average Bonchev–Trinajstić information content (AvgIpc) is 3.38. The first-order valence-corrected chi connectivity index (χ1v) is 11.1. The molecule has 2 aromatic rings. The average molecular weight is 446 g/mol. The Morgan fingerprint density at radius 2 is 2.00 bits per heavy atom. The molecule has 1 unspecified atom stereocenters. The fourth-order valence-electron chi connectivity index (χ4n) is 3.85. The molecule has 0 spiro atoms. The molecule has 2 fully saturated rings. The van der Waals surface area contributed by atoms with Crippen molar-refractivity contribution in [1.29, 1.82) is 0 Å². The highest BCUT2D eigenvalue weighted by atomic mass is 35.5. The number of furan rings is 1. The van der Waals surface area contributed by atoms with Gasteiger partial charge >= 0.3 is 0 Å². The van der Waals surface area contributed by atoms with Gasteiger partial charge in [0.25, 0.3) is 5.91 Å². The molecule has 0 bridgehead atoms. The first-order valence-electron chi connectivity index (χ1n) is 10.8. The quantitative estimate of drug-likeness (QED) is 0.644. The van der Waals surface area contributed by atoms with Crippen molar-refractivity contribution in [1.82, 2.24) is 10.2 Å². The van der Waals surface area contributed by atoms with Gasteiger partial charge in [-0.15, -0.1) is 0 Å². The standard InChI is InChI=1S/C23H28ClN3O4/c1-3-16-6-7-17(31-16)13-27-9-8-15(12-27)25-23(29)18-10-19(24)20(11-21(18)30-2)26-22(28)14-4-5-14/h6-7,10-11,14-15H,3-5,8-9,12-13H2,1-2H3,(H,25,29)(H,26,28). The van der Waals surface area contributed by atoms with Gasteiger partial charge < -0.3 is 19.8 Å². The van der Waals surface area contributed by atoms with Gasteiger partial charge in [0.05, 0.1) is 29.9 Å². The molecule has 166 valence electrons. The Labute approximate surface area is 187 Å². The summed E-state index contributed by atoms with van der Waals surface area (Å²) in [6.45, 7) is 4.44. The van der Waals surface area contributed by atoms with E-state index < -0.39 is 0 Å². The minimum atomic E-state index is -0.239. The van der Waals surface area contributed by atoms with Crippen LogP contribution in [0.1, 0.15) is 48.1 Å². The Morgan fingerprint density at radius 3 is 2.68 bits per heavy atom. The highest BCUT2D eigenvalue weighted by Gasteiger charge is 2.31. The normalized spacial score (nSPS) is 18.7. The lowest BCUT2D eigenvalue weighted by atomic mass is 10.1. The molecule has 2 heterocycles. The van der Waals surface area contributed by atoms with Gasteiger partial charge in [-0.2, -0.15) is 0 Å². The van der Waals surface area contributed by atoms with Crippen LogP contribution in [0.25, 0.3) is 0 Å². The monoisotopic (exact) mass is 445 g/mol. The molecule has 2 aliphatic rings. The smallest absolute Gasteiger partial charge is 0.255 e. The molecular weight excluding hydrogens is 418 g/mol. The molecule has 4 rings (SSSR count). The number of carbonyl (C=O) groups excluding carboxylic acids is 2. The summed E-state index contributed by atoms with van der Waals surface area (Å²) in [5.41, 5.74) is 0.817. The predicted octanol–water partition coefficient (Wildman–Crippen LogP) is 3.86. The third-order valence-electron chi connectivity index (χ3n) is 5.79. The van der Waals surface area contributed by atoms with E-state index in [0.29, 0.717) is 22.0 Å². The number of carbonyl (C=O) groups is 2. The van der Waals surface area contributed by atoms with Crippen LogP contribution >= 0.6 is 11.6 Å². The number of benzene rings is 1. The number of anilines is 1. The number of hydrogen-bond donors (Lipinski definition) is 2. The third kappa shape index (κ3) is 5.22. The number of nitrogens with one attached hydrogen (secondary N) is 2. The van der Waals surface area contributed by atoms with E-state index in [4.69, 9.17) is 20.8 Å². The number of ether oxygens (including phenoxy) is 1. The van der Waals surface area contributed by atoms with Gasteiger partial charge in [0.2, 0.25) is 5.91 Å². The Balaban J connectivity index is 1.37. The second-order valence-corrected chi connectivity index (χ2v) is 8.62. The first-order chi connectivity index (χ1) is 15.0. The number of aryl methyl sites for hydroxylation is 1. The van der Waals surface area contributed by atoms with Gasteiger partial charge in [0.1, 0.15) is 17.3 Å². The topological polar surface area (TPSA) is 83.8 Å². The molecule has 1 atom stereocenters. The fourth-order valence-corrected chi connectivity index (χ4v) is 4.06. The van der Waals surface area contributed by atoms with Crippen molar-refractivity contribution >= 4 is 29.1 Å². The molecule has 31 heavy (non-hydrogen) atoms. The molecule has 1 aromatic heterocycles. The summed E-state index contributed by atoms with van der Waals surface area (Å²) in [6.07, 6.45) is 3.54. The van der Waals surface area contributed by atoms with Gasteiger partial charge in [-0.1, -0.05) is 18.5 Å². The van der Waals surface area contributed by atoms with Crippen molar-refractivity contribution in [2.24, 2.45) is 5.92 Å². The zero-order valence-corrected chi connectivity index (χ0v) is 18.6. The molecule has 1 saturated carbocycles. The summed E-state index contributed by atoms with van der Waals surface area (Å²) < 4.78 is 11.2. The van der Waals surface area contributed by atoms with Gasteiger partial charge in [-0.3, -0.25) is 14.5 Å². The molecule has 2 N–H and O–H groups in total. The van der Waals surface area contributed by atoms with Gasteiger partial charge in [-0.25, -0.2) is 0 Å². The Kier molecular flexibility index (Phi) is 6.53. The van der Waals surface area contributed by atoms with Crippen LogP contribution in [0.2, 0.25) is 5.02 Å². The number of amides is 2. The van der Waals surface area contributed by atoms with Gasteiger partial charge in [-0.05, 0) is 37.5 Å². The lowest BCUT2D eigenvalue weighted by molar-refractivity contribution is -0.117. The van der Waals surface area contributed by atoms with E-state index in [9.17, 15) is 9.59 Å². The van der Waals surface area contributed by atoms with Crippen molar-refractivity contribution in [2.45, 2.75) is 45.2 Å². The van der Waals surface area contributed by atoms with Crippen molar-refractivity contribution < 1.29 is 18.7 Å². The van der Waals surface area contributed by atoms with Crippen molar-refractivity contribution in [3.63, 3.8) is 0 Å². The lowest BCUT2D eigenvalue weighted by Gasteiger charge is -2.17. The summed E-state index contributed by atoms with van der Waals surface area (Å²) >= 11 is 6.35. The SMILES string of the molecule is CCc1ccc(CN2CCC(NC(=O)c3cc(Cl)c(NC(=O)C4CC4)cc3OC)C2)o1. The van der Waals surface area contributed by atoms with Crippen LogP contribution in [0.5, 0.6) is 5.75 Å². The number of halogens is 1. The summed E-state index contributed by atoms with van der Waals surface area (Å²) in [5.74, 6) is 2.09. The number of methoxy groups -OCH3 is 1. The van der Waals surface area contributed by atoms with E-state index in [1.165, 1.54) is 7.11 Å². The Bertz CT molecular complexity index is 970. The van der Waals surface area contributed by atoms with E-state index in [0.717, 1.165) is 56.8 Å². The van der Waals surface area contributed by atoms with Crippen molar-refractivity contribution in [2.75, 3.05) is 25.5 Å². The maximum atomic E-state index is 12.9. The third-order valence-corrected chi connectivity index (χ3v) is 6.11. The molecule has 8 heteroatoms. The summed E-state index contributed by atoms with van der Waals surface area (Å²) in [5, 5.41) is 6.22. The predicted molar refractivity (Wildman–Crippen MR) is 119 cm³/mol. The zero-order valence-electron chi connectivity index (χ0n) is 17.9. The van der Waals surface area contributed by atoms with Crippen LogP contribution in [0.4, 0.5) is 5.69 Å². The van der Waals surface area contributed by atoms with Crippen molar-refractivity contribution in [3.05, 3.63) is 46.4 Å². The zero-order chi connectivity index (χ0) is 22.0. The summed E-state index contributed by atoms with van der Waals surface area (Å²) in [7, 11) is 1.50. The minimum Gasteiger partial charge on any atom is -0.496 e. The highest BCUT2D eigenvalue weighted by molar-refractivity contribution is 6.34. The molecule has 7 nitrogen and oxygen atoms in total. The molecule has 1 saturated heterocycles. The summed E-state index contributed by atoms with van der Waals surface area (Å²) in [6, 6.07) is 7.23. The van der Waals surface area contributed by atoms with E-state index in [1.54, 1.807) is 12.1 Å². The maximum absolute atomic E-state index is 12.9. The molecule has 0 radical (unpaired) electrons. The number of likely N-dealkylation sites (tertiary alicyclic amines) is 1. The minimum absolute atomic E-state index is 0.0332. The number of rotatable bonds is 8. The van der Waals surface area contributed by atoms with Gasteiger partial charge in [0, 0.05) is 37.5 Å². The van der Waals surface area contributed by atoms with Crippen LogP contribution < -0.4 is 15.4 Å². The number of hydrogen-bond acceptors (Lipinski definition) is 5. The summed E-state index contributed by atoms with van der Waals surface area (Å²) in [4.78, 5) is 27.2. The highest BCUT2D eigenvalue weighted by Crippen LogP contribution is 2.34. The van der Waals surface area contributed by atoms with Crippen LogP contribution in [0.3, 0.4) is 0 Å². The van der Waals surface area contributed by atoms with Gasteiger partial charge in [0.15, 0.2) is 0 Å². The van der Waals surface area contributed by atoms with Crippen LogP contribution in [-0.2, 0) is 17.8 Å². The second-order valence-electron chi connectivity index (χ2n) is 8.21. The fraction of sp³-hybridized carbons (Fsp3) is 0.478. The van der Waals surface area contributed by atoms with Crippen molar-refractivity contribution in [3.8, 4) is 5.75 Å². The molecule has 2 amide bonds. The van der Waals surface area contributed by atoms with E-state index in [1.807, 2.05) is 12.1 Å². The molecule has 1 aliphatic heterocycles. The maximum Gasteiger partial charge on any atom is 0.255 e. The van der Waals surface area contributed by atoms with Crippen LogP contribution in [0.15, 0.2) is 28.7 Å². The Morgan fingerprint density at radius 1 is 1.23 bits per heavy atom. The largest absolute Gasteiger partial charge is 0.496 e. The van der Waals surface area contributed by atoms with Crippen LogP contribution in [0, 0.1) is 5.92 Å². The van der Waals surface area contributed by atoms with E-state index in [2.05, 4.69) is 22.5 Å². The van der Waals surface area contributed by atoms with E-state index >= 15 is 0 Å². The number of nitrogens with zero attached hydrogens (tertiary/aromatic N) is 1. The second kappa shape index (κ2) is 9.32. The van der Waals surface area contributed by atoms with E-state index in [-0.39, 0.29) is 23.8 Å². The molecule has 1 aromatic carbocycles. The molecular formula is C23H28ClN3O4.